The summed E-state index contributed by atoms with van der Waals surface area (Å²) in [5.74, 6) is 0. The van der Waals surface area contributed by atoms with E-state index in [1.807, 2.05) is 0 Å². The van der Waals surface area contributed by atoms with Crippen molar-refractivity contribution in [2.45, 2.75) is 26.4 Å². The summed E-state index contributed by atoms with van der Waals surface area (Å²) in [7, 11) is 2.21. The lowest BCUT2D eigenvalue weighted by Gasteiger charge is -2.32. The molecule has 0 aromatic rings. The van der Waals surface area contributed by atoms with Gasteiger partial charge in [0.25, 0.3) is 0 Å². The van der Waals surface area contributed by atoms with Crippen LogP contribution >= 0.6 is 0 Å². The third kappa shape index (κ3) is 10.0. The Morgan fingerprint density at radius 1 is 1.07 bits per heavy atom. The van der Waals surface area contributed by atoms with E-state index in [2.05, 4.69) is 23.8 Å². The minimum absolute atomic E-state index is 1.25. The van der Waals surface area contributed by atoms with Crippen LogP contribution in [0.4, 0.5) is 13.2 Å². The maximum atomic E-state index is 9.67. The molecule has 1 fully saturated rings. The number of unbranched alkanes of at least 4 members (excludes halogenated alkanes) is 1. The van der Waals surface area contributed by atoms with Gasteiger partial charge in [-0.2, -0.15) is 13.2 Å². The molecule has 0 spiro atoms. The highest BCUT2D eigenvalue weighted by Crippen LogP contribution is 2.00. The van der Waals surface area contributed by atoms with Crippen LogP contribution in [0.15, 0.2) is 0 Å². The number of alkyl halides is 3. The van der Waals surface area contributed by atoms with Gasteiger partial charge in [0.2, 0.25) is 0 Å². The van der Waals surface area contributed by atoms with Crippen LogP contribution in [0.1, 0.15) is 19.8 Å². The highest BCUT2D eigenvalue weighted by Gasteiger charge is 2.11. The second-order valence-corrected chi connectivity index (χ2v) is 3.75. The molecular formula is C10H21F3N2. The van der Waals surface area contributed by atoms with Crippen molar-refractivity contribution in [2.24, 2.45) is 0 Å². The van der Waals surface area contributed by atoms with Crippen molar-refractivity contribution in [3.8, 4) is 0 Å². The Bertz CT molecular complexity index is 131. The van der Waals surface area contributed by atoms with Gasteiger partial charge in [0.05, 0.1) is 0 Å². The van der Waals surface area contributed by atoms with Crippen LogP contribution < -0.4 is 0 Å². The van der Waals surface area contributed by atoms with Crippen LogP contribution in [-0.2, 0) is 0 Å². The number of rotatable bonds is 3. The lowest BCUT2D eigenvalue weighted by molar-refractivity contribution is 0.00819. The zero-order chi connectivity index (χ0) is 11.7. The first kappa shape index (κ1) is 14.7. The van der Waals surface area contributed by atoms with E-state index in [1.54, 1.807) is 0 Å². The minimum atomic E-state index is -3.67. The van der Waals surface area contributed by atoms with E-state index in [-0.39, 0.29) is 0 Å². The maximum Gasteiger partial charge on any atom is 0.379 e. The Morgan fingerprint density at radius 3 is 1.93 bits per heavy atom. The second-order valence-electron chi connectivity index (χ2n) is 3.75. The minimum Gasteiger partial charge on any atom is -0.304 e. The first-order chi connectivity index (χ1) is 7.06. The highest BCUT2D eigenvalue weighted by atomic mass is 19.4. The third-order valence-electron chi connectivity index (χ3n) is 2.42. The molecule has 0 aliphatic carbocycles. The molecule has 0 amide bonds. The van der Waals surface area contributed by atoms with Gasteiger partial charge in [-0.1, -0.05) is 13.3 Å². The molecule has 0 atom stereocenters. The third-order valence-corrected chi connectivity index (χ3v) is 2.42. The summed E-state index contributed by atoms with van der Waals surface area (Å²) in [5, 5.41) is 0. The molecule has 2 nitrogen and oxygen atoms in total. The highest BCUT2D eigenvalue weighted by molar-refractivity contribution is 4.68. The summed E-state index contributed by atoms with van der Waals surface area (Å²) >= 11 is 0. The number of likely N-dealkylation sites (N-methyl/N-ethyl adjacent to an activating group) is 1. The van der Waals surface area contributed by atoms with E-state index >= 15 is 0 Å². The summed E-state index contributed by atoms with van der Waals surface area (Å²) in [4.78, 5) is 4.98. The van der Waals surface area contributed by atoms with Gasteiger partial charge < -0.3 is 9.80 Å². The van der Waals surface area contributed by atoms with Crippen molar-refractivity contribution >= 4 is 0 Å². The van der Waals surface area contributed by atoms with E-state index in [0.29, 0.717) is 0 Å². The summed E-state index contributed by atoms with van der Waals surface area (Å²) in [6.45, 7) is 4.96. The fourth-order valence-corrected chi connectivity index (χ4v) is 1.45. The summed E-state index contributed by atoms with van der Waals surface area (Å²) in [5.41, 5.74) is 0. The normalized spacial score (nSPS) is 18.8. The van der Waals surface area contributed by atoms with Crippen molar-refractivity contribution in [3.05, 3.63) is 0 Å². The Hall–Kier alpha value is -0.290. The topological polar surface area (TPSA) is 6.48 Å². The molecule has 0 bridgehead atoms. The Balaban J connectivity index is 0.000000423. The SMILES string of the molecule is CCCCN1CCN(C)CC1.FC(F)F. The average Bonchev–Trinajstić information content (AvgIpc) is 2.16. The van der Waals surface area contributed by atoms with E-state index in [9.17, 15) is 13.2 Å². The molecule has 1 saturated heterocycles. The molecule has 1 rings (SSSR count). The van der Waals surface area contributed by atoms with Gasteiger partial charge in [-0.25, -0.2) is 0 Å². The van der Waals surface area contributed by atoms with Gasteiger partial charge >= 0.3 is 6.68 Å². The molecule has 0 radical (unpaired) electrons. The molecule has 5 heteroatoms. The summed E-state index contributed by atoms with van der Waals surface area (Å²) in [6, 6.07) is 0. The first-order valence-electron chi connectivity index (χ1n) is 5.39. The second kappa shape index (κ2) is 8.97. The van der Waals surface area contributed by atoms with E-state index < -0.39 is 6.68 Å². The number of hydrogen-bond acceptors (Lipinski definition) is 2. The van der Waals surface area contributed by atoms with Crippen LogP contribution in [0, 0.1) is 0 Å². The standard InChI is InChI=1S/C9H20N2.CHF3/c1-3-4-5-11-8-6-10(2)7-9-11;2-1(3)4/h3-9H2,1-2H3;1H. The Morgan fingerprint density at radius 2 is 1.53 bits per heavy atom. The van der Waals surface area contributed by atoms with Gasteiger partial charge in [-0.15, -0.1) is 0 Å². The van der Waals surface area contributed by atoms with Crippen LogP contribution in [0.5, 0.6) is 0 Å². The molecule has 0 aromatic heterocycles. The molecule has 1 aliphatic heterocycles. The number of piperazine rings is 1. The zero-order valence-electron chi connectivity index (χ0n) is 9.56. The first-order valence-corrected chi connectivity index (χ1v) is 5.39. The molecule has 1 heterocycles. The molecule has 0 unspecified atom stereocenters. The van der Waals surface area contributed by atoms with Crippen molar-refractivity contribution in [1.29, 1.82) is 0 Å². The Labute approximate surface area is 90.0 Å². The number of halogens is 3. The predicted molar refractivity (Wildman–Crippen MR) is 56.0 cm³/mol. The largest absolute Gasteiger partial charge is 0.379 e. The van der Waals surface area contributed by atoms with E-state index in [1.165, 1.54) is 45.6 Å². The van der Waals surface area contributed by atoms with Crippen LogP contribution in [0.2, 0.25) is 0 Å². The smallest absolute Gasteiger partial charge is 0.304 e. The number of nitrogens with zero attached hydrogens (tertiary/aromatic N) is 2. The maximum absolute atomic E-state index is 9.67. The fourth-order valence-electron chi connectivity index (χ4n) is 1.45. The molecule has 1 aliphatic rings. The molecule has 0 aromatic carbocycles. The fraction of sp³-hybridized carbons (Fsp3) is 1.00. The van der Waals surface area contributed by atoms with Crippen LogP contribution in [0.25, 0.3) is 0 Å². The monoisotopic (exact) mass is 226 g/mol. The Kier molecular flexibility index (Phi) is 8.80. The van der Waals surface area contributed by atoms with Gasteiger partial charge in [0.15, 0.2) is 0 Å². The summed E-state index contributed by atoms with van der Waals surface area (Å²) in [6.07, 6.45) is 2.69. The van der Waals surface area contributed by atoms with Crippen LogP contribution in [-0.4, -0.2) is 56.3 Å². The molecule has 92 valence electrons. The molecule has 0 saturated carbocycles. The van der Waals surface area contributed by atoms with Gasteiger partial charge in [0.1, 0.15) is 0 Å². The van der Waals surface area contributed by atoms with Crippen LogP contribution in [0.3, 0.4) is 0 Å². The van der Waals surface area contributed by atoms with Crippen molar-refractivity contribution in [1.82, 2.24) is 9.80 Å². The average molecular weight is 226 g/mol. The molecule has 0 N–H and O–H groups in total. The van der Waals surface area contributed by atoms with Crippen molar-refractivity contribution in [3.63, 3.8) is 0 Å². The van der Waals surface area contributed by atoms with E-state index in [0.717, 1.165) is 0 Å². The lowest BCUT2D eigenvalue weighted by Crippen LogP contribution is -2.44. The molecular weight excluding hydrogens is 205 g/mol. The molecule has 15 heavy (non-hydrogen) atoms. The zero-order valence-corrected chi connectivity index (χ0v) is 9.56. The lowest BCUT2D eigenvalue weighted by atomic mass is 10.3. The predicted octanol–water partition coefficient (Wildman–Crippen LogP) is 2.21. The van der Waals surface area contributed by atoms with E-state index in [4.69, 9.17) is 0 Å². The van der Waals surface area contributed by atoms with Gasteiger partial charge in [-0.05, 0) is 20.0 Å². The quantitative estimate of drug-likeness (QED) is 0.728. The van der Waals surface area contributed by atoms with Gasteiger partial charge in [0, 0.05) is 26.2 Å². The van der Waals surface area contributed by atoms with Crippen molar-refractivity contribution in [2.75, 3.05) is 39.8 Å². The number of hydrogen-bond donors (Lipinski definition) is 0. The van der Waals surface area contributed by atoms with Gasteiger partial charge in [-0.3, -0.25) is 0 Å². The summed E-state index contributed by atoms with van der Waals surface area (Å²) < 4.78 is 29.0. The van der Waals surface area contributed by atoms with Crippen molar-refractivity contribution < 1.29 is 13.2 Å².